The van der Waals surface area contributed by atoms with Gasteiger partial charge in [-0.2, -0.15) is 10.4 Å². The molecule has 0 saturated heterocycles. The van der Waals surface area contributed by atoms with Crippen LogP contribution in [0.5, 0.6) is 0 Å². The number of amides is 2. The van der Waals surface area contributed by atoms with Crippen molar-refractivity contribution < 1.29 is 9.59 Å². The summed E-state index contributed by atoms with van der Waals surface area (Å²) in [5, 5.41) is 20.0. The molecule has 1 saturated carbocycles. The van der Waals surface area contributed by atoms with Crippen molar-refractivity contribution in [2.24, 2.45) is 7.05 Å². The summed E-state index contributed by atoms with van der Waals surface area (Å²) in [6.07, 6.45) is 4.37. The number of aryl methyl sites for hydroxylation is 2. The van der Waals surface area contributed by atoms with Crippen LogP contribution < -0.4 is 10.6 Å². The van der Waals surface area contributed by atoms with Crippen molar-refractivity contribution in [1.82, 2.24) is 25.3 Å². The Morgan fingerprint density at radius 3 is 2.59 bits per heavy atom. The van der Waals surface area contributed by atoms with Gasteiger partial charge in [-0.25, -0.2) is 0 Å². The summed E-state index contributed by atoms with van der Waals surface area (Å²) in [5.41, 5.74) is 5.51. The summed E-state index contributed by atoms with van der Waals surface area (Å²) in [4.78, 5) is 28.2. The standard InChI is InChI=1S/C29H32N6O2/c1-19-5-9-21(10-6-19)24-14-26(24)31-13-3-4-25(32-28(36)22-11-7-20(15-30)8-12-22)29(37)35-17-23-16-34(2)33-27(23)18-35/h5-12,16,24-26,31H,3-4,13-14,17-18H2,1-2H3,(H,32,36)/t24-,25-,26+/m0/s1. The molecule has 2 aromatic carbocycles. The number of nitrogens with zero attached hydrogens (tertiary/aromatic N) is 4. The second-order valence-electron chi connectivity index (χ2n) is 10.1. The van der Waals surface area contributed by atoms with Gasteiger partial charge in [0, 0.05) is 42.9 Å². The van der Waals surface area contributed by atoms with Crippen molar-refractivity contribution in [2.75, 3.05) is 6.54 Å². The summed E-state index contributed by atoms with van der Waals surface area (Å²) in [5.74, 6) is 0.144. The number of rotatable bonds is 9. The number of aromatic nitrogens is 2. The Morgan fingerprint density at radius 2 is 1.89 bits per heavy atom. The lowest BCUT2D eigenvalue weighted by molar-refractivity contribution is -0.134. The second kappa shape index (κ2) is 10.6. The van der Waals surface area contributed by atoms with Gasteiger partial charge in [-0.15, -0.1) is 0 Å². The largest absolute Gasteiger partial charge is 0.340 e. The fourth-order valence-corrected chi connectivity index (χ4v) is 5.06. The highest BCUT2D eigenvalue weighted by atomic mass is 16.2. The molecule has 0 radical (unpaired) electrons. The number of hydrogen-bond acceptors (Lipinski definition) is 5. The molecule has 1 fully saturated rings. The van der Waals surface area contributed by atoms with Crippen molar-refractivity contribution >= 4 is 11.8 Å². The van der Waals surface area contributed by atoms with Crippen LogP contribution in [0.1, 0.15) is 63.5 Å². The number of nitrogens with one attached hydrogen (secondary N) is 2. The summed E-state index contributed by atoms with van der Waals surface area (Å²) >= 11 is 0. The first-order valence-electron chi connectivity index (χ1n) is 12.8. The summed E-state index contributed by atoms with van der Waals surface area (Å²) in [6.45, 7) is 3.84. The minimum absolute atomic E-state index is 0.0911. The first-order chi connectivity index (χ1) is 17.9. The Balaban J connectivity index is 1.18. The fraction of sp³-hybridized carbons (Fsp3) is 0.379. The third-order valence-electron chi connectivity index (χ3n) is 7.26. The number of benzene rings is 2. The van der Waals surface area contributed by atoms with Gasteiger partial charge in [0.25, 0.3) is 5.91 Å². The molecule has 5 rings (SSSR count). The summed E-state index contributed by atoms with van der Waals surface area (Å²) < 4.78 is 1.77. The molecule has 8 heteroatoms. The monoisotopic (exact) mass is 496 g/mol. The minimum Gasteiger partial charge on any atom is -0.340 e. The van der Waals surface area contributed by atoms with Crippen LogP contribution in [0, 0.1) is 18.3 Å². The number of carbonyl (C=O) groups excluding carboxylic acids is 2. The van der Waals surface area contributed by atoms with Gasteiger partial charge in [-0.05, 0) is 62.6 Å². The molecule has 0 unspecified atom stereocenters. The third-order valence-corrected chi connectivity index (χ3v) is 7.26. The van der Waals surface area contributed by atoms with Gasteiger partial charge in [-0.3, -0.25) is 14.3 Å². The van der Waals surface area contributed by atoms with Crippen molar-refractivity contribution in [3.63, 3.8) is 0 Å². The van der Waals surface area contributed by atoms with Crippen LogP contribution in [0.15, 0.2) is 54.7 Å². The molecule has 2 heterocycles. The van der Waals surface area contributed by atoms with Crippen molar-refractivity contribution in [3.05, 3.63) is 88.2 Å². The molecule has 37 heavy (non-hydrogen) atoms. The van der Waals surface area contributed by atoms with E-state index in [1.54, 1.807) is 33.8 Å². The van der Waals surface area contributed by atoms with Gasteiger partial charge < -0.3 is 15.5 Å². The molecule has 0 spiro atoms. The van der Waals surface area contributed by atoms with E-state index in [0.717, 1.165) is 30.6 Å². The lowest BCUT2D eigenvalue weighted by Crippen LogP contribution is -2.47. The maximum atomic E-state index is 13.5. The number of nitriles is 1. The molecule has 2 aliphatic rings. The molecule has 190 valence electrons. The van der Waals surface area contributed by atoms with Gasteiger partial charge >= 0.3 is 0 Å². The molecule has 1 aliphatic carbocycles. The molecule has 8 nitrogen and oxygen atoms in total. The molecule has 2 amide bonds. The number of hydrogen-bond donors (Lipinski definition) is 2. The molecule has 1 aromatic heterocycles. The summed E-state index contributed by atoms with van der Waals surface area (Å²) in [6, 6.07) is 17.1. The average molecular weight is 497 g/mol. The van der Waals surface area contributed by atoms with E-state index in [2.05, 4.69) is 53.0 Å². The third kappa shape index (κ3) is 5.73. The molecular formula is C29H32N6O2. The van der Waals surface area contributed by atoms with E-state index in [1.165, 1.54) is 11.1 Å². The van der Waals surface area contributed by atoms with Gasteiger partial charge in [-0.1, -0.05) is 29.8 Å². The molecule has 0 bridgehead atoms. The van der Waals surface area contributed by atoms with E-state index in [9.17, 15) is 9.59 Å². The van der Waals surface area contributed by atoms with Crippen LogP contribution in [0.2, 0.25) is 0 Å². The Kier molecular flexibility index (Phi) is 7.06. The predicted molar refractivity (Wildman–Crippen MR) is 139 cm³/mol. The first kappa shape index (κ1) is 24.7. The fourth-order valence-electron chi connectivity index (χ4n) is 5.06. The zero-order valence-electron chi connectivity index (χ0n) is 21.3. The van der Waals surface area contributed by atoms with E-state index in [0.29, 0.717) is 42.6 Å². The van der Waals surface area contributed by atoms with Crippen LogP contribution in [0.25, 0.3) is 0 Å². The quantitative estimate of drug-likeness (QED) is 0.443. The van der Waals surface area contributed by atoms with Crippen molar-refractivity contribution in [3.8, 4) is 6.07 Å². The normalized spacial score (nSPS) is 18.7. The Morgan fingerprint density at radius 1 is 1.14 bits per heavy atom. The van der Waals surface area contributed by atoms with E-state index >= 15 is 0 Å². The van der Waals surface area contributed by atoms with E-state index in [-0.39, 0.29) is 11.8 Å². The SMILES string of the molecule is Cc1ccc([C@@H]2C[C@H]2NCCC[C@H](NC(=O)c2ccc(C#N)cc2)C(=O)N2Cc3cn(C)nc3C2)cc1. The van der Waals surface area contributed by atoms with Crippen LogP contribution in [-0.4, -0.2) is 45.1 Å². The highest BCUT2D eigenvalue weighted by Crippen LogP contribution is 2.40. The van der Waals surface area contributed by atoms with E-state index < -0.39 is 6.04 Å². The molecule has 2 N–H and O–H groups in total. The highest BCUT2D eigenvalue weighted by molar-refractivity contribution is 5.97. The number of fused-ring (bicyclic) bond motifs is 1. The van der Waals surface area contributed by atoms with E-state index in [4.69, 9.17) is 5.26 Å². The topological polar surface area (TPSA) is 103 Å². The summed E-state index contributed by atoms with van der Waals surface area (Å²) in [7, 11) is 1.88. The lowest BCUT2D eigenvalue weighted by atomic mass is 10.1. The first-order valence-corrected chi connectivity index (χ1v) is 12.8. The maximum Gasteiger partial charge on any atom is 0.251 e. The highest BCUT2D eigenvalue weighted by Gasteiger charge is 2.38. The van der Waals surface area contributed by atoms with Crippen LogP contribution in [0.4, 0.5) is 0 Å². The molecule has 3 atom stereocenters. The van der Waals surface area contributed by atoms with E-state index in [1.807, 2.05) is 13.2 Å². The van der Waals surface area contributed by atoms with Crippen LogP contribution in [-0.2, 0) is 24.9 Å². The molecule has 1 aliphatic heterocycles. The molecule has 3 aromatic rings. The predicted octanol–water partition coefficient (Wildman–Crippen LogP) is 3.17. The second-order valence-corrected chi connectivity index (χ2v) is 10.1. The lowest BCUT2D eigenvalue weighted by Gasteiger charge is -2.24. The van der Waals surface area contributed by atoms with Crippen molar-refractivity contribution in [1.29, 1.82) is 5.26 Å². The van der Waals surface area contributed by atoms with Gasteiger partial charge in [0.1, 0.15) is 6.04 Å². The smallest absolute Gasteiger partial charge is 0.251 e. The number of carbonyl (C=O) groups is 2. The maximum absolute atomic E-state index is 13.5. The van der Waals surface area contributed by atoms with Crippen molar-refractivity contribution in [2.45, 2.75) is 57.3 Å². The van der Waals surface area contributed by atoms with Gasteiger partial charge in [0.05, 0.1) is 23.9 Å². The van der Waals surface area contributed by atoms with Gasteiger partial charge in [0.2, 0.25) is 5.91 Å². The van der Waals surface area contributed by atoms with Crippen LogP contribution >= 0.6 is 0 Å². The molecular weight excluding hydrogens is 464 g/mol. The zero-order chi connectivity index (χ0) is 25.9. The van der Waals surface area contributed by atoms with Crippen LogP contribution in [0.3, 0.4) is 0 Å². The Bertz CT molecular complexity index is 1300. The Labute approximate surface area is 217 Å². The Hall–Kier alpha value is -3.96. The van der Waals surface area contributed by atoms with Gasteiger partial charge in [0.15, 0.2) is 0 Å². The zero-order valence-corrected chi connectivity index (χ0v) is 21.3. The average Bonchev–Trinajstić information content (AvgIpc) is 3.44. The minimum atomic E-state index is -0.630.